The molecule has 1 aliphatic heterocycles. The Balaban J connectivity index is 4.85. The second kappa shape index (κ2) is 8.55. The molecule has 22 heteroatoms. The summed E-state index contributed by atoms with van der Waals surface area (Å²) in [5, 5.41) is -6.86. The molecule has 236 valence electrons. The van der Waals surface area contributed by atoms with Crippen molar-refractivity contribution < 1.29 is 92.6 Å². The minimum atomic E-state index is -8.44. The van der Waals surface area contributed by atoms with Gasteiger partial charge in [-0.3, -0.25) is 0 Å². The molecule has 1 heterocycles. The third kappa shape index (κ3) is 4.55. The summed E-state index contributed by atoms with van der Waals surface area (Å²) in [4.78, 5) is 0. The predicted molar refractivity (Wildman–Crippen MR) is 95.3 cm³/mol. The van der Waals surface area contributed by atoms with E-state index in [1.165, 1.54) is 0 Å². The van der Waals surface area contributed by atoms with Crippen LogP contribution in [-0.4, -0.2) is 64.7 Å². The standard InChI is InChI=1S/C17H19F18O3P/c1-8(2,3)39(9(4,5)6,36-7(10(18,19)20)11(21,22)23)37-12(14(24,25)26,15(27,28)29)13(38-39,16(30,31)32)17(33,34)35/h7H,1-6H3. The van der Waals surface area contributed by atoms with Gasteiger partial charge < -0.3 is 0 Å². The Bertz CT molecular complexity index is 822. The first-order valence-electron chi connectivity index (χ1n) is 9.87. The van der Waals surface area contributed by atoms with Crippen LogP contribution in [0.3, 0.4) is 0 Å². The van der Waals surface area contributed by atoms with E-state index in [2.05, 4.69) is 13.6 Å². The summed E-state index contributed by atoms with van der Waals surface area (Å²) >= 11 is 0. The van der Waals surface area contributed by atoms with Crippen molar-refractivity contribution in [3.8, 4) is 0 Å². The average molecular weight is 644 g/mol. The van der Waals surface area contributed by atoms with Crippen molar-refractivity contribution in [3.05, 3.63) is 0 Å². The molecule has 3 nitrogen and oxygen atoms in total. The van der Waals surface area contributed by atoms with Crippen molar-refractivity contribution in [3.63, 3.8) is 0 Å². The first-order valence-corrected chi connectivity index (χ1v) is 11.9. The van der Waals surface area contributed by atoms with Gasteiger partial charge in [-0.05, 0) is 0 Å². The van der Waals surface area contributed by atoms with Gasteiger partial charge in [-0.25, -0.2) is 0 Å². The maximum atomic E-state index is 14.2. The summed E-state index contributed by atoms with van der Waals surface area (Å²) in [6.45, 7) is 0.668. The van der Waals surface area contributed by atoms with Gasteiger partial charge in [-0.1, -0.05) is 0 Å². The molecule has 0 aliphatic carbocycles. The molecule has 0 N–H and O–H groups in total. The molecule has 0 radical (unpaired) electrons. The Kier molecular flexibility index (Phi) is 7.91. The van der Waals surface area contributed by atoms with Crippen LogP contribution in [0, 0.1) is 0 Å². The van der Waals surface area contributed by atoms with Crippen LogP contribution in [0.15, 0.2) is 0 Å². The van der Waals surface area contributed by atoms with E-state index in [1.807, 2.05) is 0 Å². The molecular formula is C17H19F18O3P. The zero-order valence-corrected chi connectivity index (χ0v) is 20.9. The van der Waals surface area contributed by atoms with Crippen LogP contribution in [-0.2, 0) is 13.6 Å². The summed E-state index contributed by atoms with van der Waals surface area (Å²) in [6.07, 6.45) is -50.9. The van der Waals surface area contributed by atoms with Gasteiger partial charge >= 0.3 is 206 Å². The first kappa shape index (κ1) is 36.1. The van der Waals surface area contributed by atoms with E-state index < -0.39 is 72.0 Å². The summed E-state index contributed by atoms with van der Waals surface area (Å²) < 4.78 is 262. The van der Waals surface area contributed by atoms with Crippen LogP contribution in [0.2, 0.25) is 0 Å². The van der Waals surface area contributed by atoms with Crippen LogP contribution in [0.25, 0.3) is 0 Å². The fourth-order valence-electron chi connectivity index (χ4n) is 4.38. The second-order valence-electron chi connectivity index (χ2n) is 10.3. The van der Waals surface area contributed by atoms with E-state index in [0.29, 0.717) is 0 Å². The molecule has 0 bridgehead atoms. The third-order valence-corrected chi connectivity index (χ3v) is 12.3. The van der Waals surface area contributed by atoms with E-state index in [0.717, 1.165) is 0 Å². The average Bonchev–Trinajstić information content (AvgIpc) is 2.89. The van der Waals surface area contributed by atoms with Crippen LogP contribution in [0.4, 0.5) is 79.0 Å². The fraction of sp³-hybridized carbons (Fsp3) is 1.00. The molecule has 1 saturated heterocycles. The van der Waals surface area contributed by atoms with Crippen molar-refractivity contribution >= 4 is 7.28 Å². The molecule has 0 amide bonds. The van der Waals surface area contributed by atoms with Crippen molar-refractivity contribution in [2.75, 3.05) is 0 Å². The zero-order valence-electron chi connectivity index (χ0n) is 20.1. The Morgan fingerprint density at radius 2 is 0.667 bits per heavy atom. The monoisotopic (exact) mass is 644 g/mol. The van der Waals surface area contributed by atoms with Gasteiger partial charge in [0.1, 0.15) is 0 Å². The molecule has 0 aromatic rings. The van der Waals surface area contributed by atoms with Crippen LogP contribution >= 0.6 is 7.28 Å². The molecule has 0 atom stereocenters. The molecule has 0 aromatic carbocycles. The minimum absolute atomic E-state index is 0.111. The van der Waals surface area contributed by atoms with Gasteiger partial charge in [0.25, 0.3) is 0 Å². The van der Waals surface area contributed by atoms with Crippen molar-refractivity contribution in [1.82, 2.24) is 0 Å². The second-order valence-corrected chi connectivity index (χ2v) is 15.4. The predicted octanol–water partition coefficient (Wildman–Crippen LogP) is 9.17. The van der Waals surface area contributed by atoms with Crippen molar-refractivity contribution in [2.45, 2.75) is 106 Å². The topological polar surface area (TPSA) is 27.7 Å². The summed E-state index contributed by atoms with van der Waals surface area (Å²) in [7, 11) is -8.44. The summed E-state index contributed by atoms with van der Waals surface area (Å²) in [5.41, 5.74) is -15.4. The number of halogens is 18. The maximum absolute atomic E-state index is 14.2. The molecule has 1 rings (SSSR count). The molecule has 1 aliphatic rings. The third-order valence-electron chi connectivity index (χ3n) is 5.90. The van der Waals surface area contributed by atoms with Gasteiger partial charge in [0.15, 0.2) is 0 Å². The van der Waals surface area contributed by atoms with E-state index in [1.54, 1.807) is 0 Å². The SMILES string of the molecule is CC(C)(C)P1(OC(C(F)(F)F)C(F)(F)F)(C(C)(C)C)OC(C(F)(F)F)(C(F)(F)F)C(C(F)(F)F)(C(F)(F)F)O1. The number of hydrogen-bond acceptors (Lipinski definition) is 3. The van der Waals surface area contributed by atoms with Crippen LogP contribution < -0.4 is 0 Å². The van der Waals surface area contributed by atoms with E-state index >= 15 is 0 Å². The molecule has 0 aromatic heterocycles. The number of alkyl halides is 18. The molecular weight excluding hydrogens is 625 g/mol. The molecule has 39 heavy (non-hydrogen) atoms. The quantitative estimate of drug-likeness (QED) is 0.222. The molecule has 0 saturated carbocycles. The summed E-state index contributed by atoms with van der Waals surface area (Å²) in [5.74, 6) is 0. The van der Waals surface area contributed by atoms with Gasteiger partial charge in [0.2, 0.25) is 0 Å². The Morgan fingerprint density at radius 3 is 0.795 bits per heavy atom. The summed E-state index contributed by atoms with van der Waals surface area (Å²) in [6, 6.07) is 0. The van der Waals surface area contributed by atoms with E-state index in [-0.39, 0.29) is 41.5 Å². The van der Waals surface area contributed by atoms with Gasteiger partial charge in [-0.15, -0.1) is 0 Å². The number of rotatable bonds is 2. The van der Waals surface area contributed by atoms with E-state index in [9.17, 15) is 79.0 Å². The van der Waals surface area contributed by atoms with Gasteiger partial charge in [0, 0.05) is 0 Å². The van der Waals surface area contributed by atoms with Gasteiger partial charge in [-0.2, -0.15) is 0 Å². The zero-order chi connectivity index (χ0) is 32.1. The van der Waals surface area contributed by atoms with Crippen LogP contribution in [0.1, 0.15) is 41.5 Å². The molecule has 0 unspecified atom stereocenters. The number of hydrogen-bond donors (Lipinski definition) is 0. The first-order chi connectivity index (χ1) is 16.3. The Labute approximate surface area is 207 Å². The fourth-order valence-corrected chi connectivity index (χ4v) is 10.5. The van der Waals surface area contributed by atoms with Gasteiger partial charge in [0.05, 0.1) is 0 Å². The Hall–Kier alpha value is -0.950. The molecule has 1 fully saturated rings. The van der Waals surface area contributed by atoms with Crippen LogP contribution in [0.5, 0.6) is 0 Å². The van der Waals surface area contributed by atoms with E-state index in [4.69, 9.17) is 0 Å². The molecule has 0 spiro atoms. The van der Waals surface area contributed by atoms with Crippen molar-refractivity contribution in [2.24, 2.45) is 0 Å². The normalized spacial score (nSPS) is 24.0. The Morgan fingerprint density at radius 1 is 0.462 bits per heavy atom. The van der Waals surface area contributed by atoms with Crippen molar-refractivity contribution in [1.29, 1.82) is 0 Å².